The maximum absolute atomic E-state index is 12.1. The highest BCUT2D eigenvalue weighted by molar-refractivity contribution is 5.79. The van der Waals surface area contributed by atoms with Crippen LogP contribution in [0.4, 0.5) is 4.79 Å². The molecule has 0 bridgehead atoms. The molecule has 0 radical (unpaired) electrons. The van der Waals surface area contributed by atoms with Gasteiger partial charge >= 0.3 is 12.1 Å². The monoisotopic (exact) mass is 424 g/mol. The SMILES string of the molecule is COC(=O)CCNCCCCCCNC(=O)OCC1c2ccccc2-c2ccccc21. The number of alkyl carbamates (subject to hydrolysis) is 1. The van der Waals surface area contributed by atoms with Gasteiger partial charge in [-0.25, -0.2) is 4.79 Å². The summed E-state index contributed by atoms with van der Waals surface area (Å²) < 4.78 is 10.1. The summed E-state index contributed by atoms with van der Waals surface area (Å²) in [6.07, 6.45) is 4.14. The van der Waals surface area contributed by atoms with Gasteiger partial charge in [0.05, 0.1) is 13.5 Å². The minimum Gasteiger partial charge on any atom is -0.469 e. The Bertz CT molecular complexity index is 823. The van der Waals surface area contributed by atoms with Crippen LogP contribution in [0.1, 0.15) is 49.1 Å². The van der Waals surface area contributed by atoms with Gasteiger partial charge < -0.3 is 20.1 Å². The molecule has 1 aliphatic carbocycles. The number of carbonyl (C=O) groups excluding carboxylic acids is 2. The van der Waals surface area contributed by atoms with Gasteiger partial charge in [-0.05, 0) is 41.6 Å². The molecule has 0 saturated heterocycles. The van der Waals surface area contributed by atoms with Crippen molar-refractivity contribution < 1.29 is 19.1 Å². The van der Waals surface area contributed by atoms with Crippen LogP contribution in [0, 0.1) is 0 Å². The summed E-state index contributed by atoms with van der Waals surface area (Å²) in [5.41, 5.74) is 4.90. The van der Waals surface area contributed by atoms with Gasteiger partial charge in [-0.15, -0.1) is 0 Å². The summed E-state index contributed by atoms with van der Waals surface area (Å²) in [4.78, 5) is 23.1. The summed E-state index contributed by atoms with van der Waals surface area (Å²) >= 11 is 0. The van der Waals surface area contributed by atoms with Crippen LogP contribution in [0.2, 0.25) is 0 Å². The number of benzene rings is 2. The topological polar surface area (TPSA) is 76.7 Å². The number of hydrogen-bond acceptors (Lipinski definition) is 5. The molecule has 6 nitrogen and oxygen atoms in total. The van der Waals surface area contributed by atoms with Crippen molar-refractivity contribution >= 4 is 12.1 Å². The molecule has 2 aromatic carbocycles. The highest BCUT2D eigenvalue weighted by atomic mass is 16.5. The molecular formula is C25H32N2O4. The first-order chi connectivity index (χ1) is 15.2. The molecular weight excluding hydrogens is 392 g/mol. The van der Waals surface area contributed by atoms with Gasteiger partial charge in [-0.1, -0.05) is 61.4 Å². The fourth-order valence-corrected chi connectivity index (χ4v) is 3.99. The molecule has 0 atom stereocenters. The lowest BCUT2D eigenvalue weighted by molar-refractivity contribution is -0.140. The number of unbranched alkanes of at least 4 members (excludes halogenated alkanes) is 3. The third-order valence-electron chi connectivity index (χ3n) is 5.63. The van der Waals surface area contributed by atoms with Gasteiger partial charge in [-0.2, -0.15) is 0 Å². The number of amides is 1. The van der Waals surface area contributed by atoms with Crippen molar-refractivity contribution in [3.63, 3.8) is 0 Å². The van der Waals surface area contributed by atoms with Crippen molar-refractivity contribution in [3.05, 3.63) is 59.7 Å². The van der Waals surface area contributed by atoms with E-state index in [1.165, 1.54) is 29.4 Å². The third kappa shape index (κ3) is 6.56. The second-order valence-corrected chi connectivity index (χ2v) is 7.74. The molecule has 0 heterocycles. The first-order valence-electron chi connectivity index (χ1n) is 11.1. The van der Waals surface area contributed by atoms with E-state index in [9.17, 15) is 9.59 Å². The normalized spacial score (nSPS) is 12.2. The number of rotatable bonds is 12. The first kappa shape index (κ1) is 22.8. The van der Waals surface area contributed by atoms with E-state index in [0.29, 0.717) is 26.1 Å². The quantitative estimate of drug-likeness (QED) is 0.394. The summed E-state index contributed by atoms with van der Waals surface area (Å²) in [6, 6.07) is 16.6. The number of esters is 1. The maximum atomic E-state index is 12.1. The highest BCUT2D eigenvalue weighted by Gasteiger charge is 2.28. The number of hydrogen-bond donors (Lipinski definition) is 2. The molecule has 166 valence electrons. The summed E-state index contributed by atoms with van der Waals surface area (Å²) in [5, 5.41) is 6.08. The van der Waals surface area contributed by atoms with Gasteiger partial charge in [0.15, 0.2) is 0 Å². The maximum Gasteiger partial charge on any atom is 0.407 e. The van der Waals surface area contributed by atoms with Crippen molar-refractivity contribution in [2.24, 2.45) is 0 Å². The van der Waals surface area contributed by atoms with E-state index in [1.807, 2.05) is 24.3 Å². The van der Waals surface area contributed by atoms with Crippen LogP contribution in [0.25, 0.3) is 11.1 Å². The Hall–Kier alpha value is -2.86. The van der Waals surface area contributed by atoms with E-state index in [4.69, 9.17) is 4.74 Å². The highest BCUT2D eigenvalue weighted by Crippen LogP contribution is 2.44. The molecule has 0 fully saturated rings. The van der Waals surface area contributed by atoms with Crippen molar-refractivity contribution in [2.75, 3.05) is 33.4 Å². The predicted molar refractivity (Wildman–Crippen MR) is 121 cm³/mol. The van der Waals surface area contributed by atoms with E-state index in [2.05, 4.69) is 39.6 Å². The van der Waals surface area contributed by atoms with Crippen LogP contribution >= 0.6 is 0 Å². The number of carbonyl (C=O) groups is 2. The Kier molecular flexibility index (Phi) is 8.91. The number of fused-ring (bicyclic) bond motifs is 3. The average molecular weight is 425 g/mol. The zero-order valence-corrected chi connectivity index (χ0v) is 18.2. The smallest absolute Gasteiger partial charge is 0.407 e. The third-order valence-corrected chi connectivity index (χ3v) is 5.63. The molecule has 1 aliphatic rings. The van der Waals surface area contributed by atoms with Crippen molar-refractivity contribution in [1.82, 2.24) is 10.6 Å². The fourth-order valence-electron chi connectivity index (χ4n) is 3.99. The lowest BCUT2D eigenvalue weighted by Gasteiger charge is -2.14. The Morgan fingerprint density at radius 2 is 1.45 bits per heavy atom. The van der Waals surface area contributed by atoms with Gasteiger partial charge in [-0.3, -0.25) is 4.79 Å². The van der Waals surface area contributed by atoms with Crippen molar-refractivity contribution in [1.29, 1.82) is 0 Å². The van der Waals surface area contributed by atoms with E-state index in [1.54, 1.807) is 0 Å². The van der Waals surface area contributed by atoms with E-state index in [-0.39, 0.29) is 18.0 Å². The molecule has 31 heavy (non-hydrogen) atoms. The van der Waals surface area contributed by atoms with Crippen LogP contribution in [0.15, 0.2) is 48.5 Å². The van der Waals surface area contributed by atoms with Gasteiger partial charge in [0, 0.05) is 19.0 Å². The van der Waals surface area contributed by atoms with Crippen LogP contribution in [0.3, 0.4) is 0 Å². The fraction of sp³-hybridized carbons (Fsp3) is 0.440. The lowest BCUT2D eigenvalue weighted by atomic mass is 9.98. The van der Waals surface area contributed by atoms with E-state index >= 15 is 0 Å². The van der Waals surface area contributed by atoms with E-state index in [0.717, 1.165) is 32.2 Å². The predicted octanol–water partition coefficient (Wildman–Crippen LogP) is 4.24. The molecule has 0 aliphatic heterocycles. The van der Waals surface area contributed by atoms with Crippen LogP contribution in [-0.2, 0) is 14.3 Å². The molecule has 6 heteroatoms. The summed E-state index contributed by atoms with van der Waals surface area (Å²) in [5.74, 6) is -0.100. The second-order valence-electron chi connectivity index (χ2n) is 7.74. The Balaban J connectivity index is 1.28. The molecule has 2 N–H and O–H groups in total. The first-order valence-corrected chi connectivity index (χ1v) is 11.1. The van der Waals surface area contributed by atoms with Gasteiger partial charge in [0.2, 0.25) is 0 Å². The zero-order chi connectivity index (χ0) is 21.9. The Labute approximate surface area is 184 Å². The van der Waals surface area contributed by atoms with Crippen LogP contribution in [-0.4, -0.2) is 45.4 Å². The molecule has 1 amide bonds. The number of ether oxygens (including phenoxy) is 2. The average Bonchev–Trinajstić information content (AvgIpc) is 3.12. The Morgan fingerprint density at radius 1 is 0.839 bits per heavy atom. The van der Waals surface area contributed by atoms with Crippen molar-refractivity contribution in [2.45, 2.75) is 38.0 Å². The Morgan fingerprint density at radius 3 is 2.10 bits per heavy atom. The lowest BCUT2D eigenvalue weighted by Crippen LogP contribution is -2.27. The molecule has 0 unspecified atom stereocenters. The standard InChI is InChI=1S/C25H32N2O4/c1-30-24(28)14-17-26-15-8-2-3-9-16-27-25(29)31-18-23-21-12-6-4-10-19(21)20-11-5-7-13-22(20)23/h4-7,10-13,23,26H,2-3,8-9,14-18H2,1H3,(H,27,29). The minimum absolute atomic E-state index is 0.0878. The molecule has 3 rings (SSSR count). The molecule has 0 spiro atoms. The summed E-state index contributed by atoms with van der Waals surface area (Å²) in [7, 11) is 1.40. The number of nitrogens with one attached hydrogen (secondary N) is 2. The summed E-state index contributed by atoms with van der Waals surface area (Å²) in [6.45, 7) is 2.50. The van der Waals surface area contributed by atoms with Crippen LogP contribution in [0.5, 0.6) is 0 Å². The van der Waals surface area contributed by atoms with Gasteiger partial charge in [0.25, 0.3) is 0 Å². The number of methoxy groups -OCH3 is 1. The van der Waals surface area contributed by atoms with Gasteiger partial charge in [0.1, 0.15) is 6.61 Å². The van der Waals surface area contributed by atoms with Crippen LogP contribution < -0.4 is 10.6 Å². The molecule has 0 saturated carbocycles. The van der Waals surface area contributed by atoms with Crippen molar-refractivity contribution in [3.8, 4) is 11.1 Å². The minimum atomic E-state index is -0.355. The molecule has 2 aromatic rings. The second kappa shape index (κ2) is 12.1. The van der Waals surface area contributed by atoms with E-state index < -0.39 is 0 Å². The largest absolute Gasteiger partial charge is 0.469 e. The molecule has 0 aromatic heterocycles. The zero-order valence-electron chi connectivity index (χ0n) is 18.2.